The van der Waals surface area contributed by atoms with Crippen LogP contribution in [0.1, 0.15) is 0 Å². The average molecular weight is 404 g/mol. The largest absolute Gasteiger partial charge is 0.309 e. The van der Waals surface area contributed by atoms with Crippen LogP contribution >= 0.6 is 11.6 Å². The molecule has 0 radical (unpaired) electrons. The van der Waals surface area contributed by atoms with Crippen LogP contribution in [-0.4, -0.2) is 4.57 Å². The lowest BCUT2D eigenvalue weighted by Crippen LogP contribution is -1.97. The third-order valence-electron chi connectivity index (χ3n) is 5.84. The summed E-state index contributed by atoms with van der Waals surface area (Å²) in [6.07, 6.45) is 0. The minimum Gasteiger partial charge on any atom is -0.309 e. The van der Waals surface area contributed by atoms with Crippen LogP contribution < -0.4 is 0 Å². The van der Waals surface area contributed by atoms with E-state index < -0.39 is 0 Å². The highest BCUT2D eigenvalue weighted by Gasteiger charge is 2.15. The Morgan fingerprint density at radius 1 is 0.533 bits per heavy atom. The molecule has 0 unspecified atom stereocenters. The van der Waals surface area contributed by atoms with Gasteiger partial charge in [0.2, 0.25) is 0 Å². The van der Waals surface area contributed by atoms with E-state index >= 15 is 0 Å². The van der Waals surface area contributed by atoms with Crippen molar-refractivity contribution >= 4 is 44.2 Å². The molecular weight excluding hydrogens is 386 g/mol. The van der Waals surface area contributed by atoms with Gasteiger partial charge in [-0.3, -0.25) is 0 Å². The second-order valence-corrected chi connectivity index (χ2v) is 8.03. The summed E-state index contributed by atoms with van der Waals surface area (Å²) in [6, 6.07) is 38.5. The van der Waals surface area contributed by atoms with Crippen molar-refractivity contribution in [2.24, 2.45) is 0 Å². The van der Waals surface area contributed by atoms with Gasteiger partial charge in [0.05, 0.1) is 16.7 Å². The van der Waals surface area contributed by atoms with Crippen molar-refractivity contribution in [3.8, 4) is 16.8 Å². The first-order valence-corrected chi connectivity index (χ1v) is 10.4. The van der Waals surface area contributed by atoms with Crippen molar-refractivity contribution in [1.82, 2.24) is 4.57 Å². The van der Waals surface area contributed by atoms with Gasteiger partial charge in [0, 0.05) is 21.4 Å². The van der Waals surface area contributed by atoms with E-state index in [1.165, 1.54) is 38.2 Å². The molecule has 1 heterocycles. The third kappa shape index (κ3) is 2.63. The number of halogens is 1. The normalized spacial score (nSPS) is 11.5. The minimum atomic E-state index is 0.745. The molecule has 0 aliphatic heterocycles. The summed E-state index contributed by atoms with van der Waals surface area (Å²) in [6.45, 7) is 0. The zero-order valence-corrected chi connectivity index (χ0v) is 17.0. The molecule has 0 saturated heterocycles. The maximum atomic E-state index is 6.41. The molecule has 0 fully saturated rings. The number of hydrogen-bond acceptors (Lipinski definition) is 0. The Morgan fingerprint density at radius 3 is 2.20 bits per heavy atom. The van der Waals surface area contributed by atoms with Gasteiger partial charge in [-0.05, 0) is 46.7 Å². The molecule has 1 aromatic heterocycles. The molecule has 1 nitrogen and oxygen atoms in total. The van der Waals surface area contributed by atoms with Crippen molar-refractivity contribution in [3.05, 3.63) is 114 Å². The van der Waals surface area contributed by atoms with E-state index in [2.05, 4.69) is 108 Å². The maximum Gasteiger partial charge on any atom is 0.0556 e. The van der Waals surface area contributed by atoms with E-state index in [9.17, 15) is 0 Å². The Hall–Kier alpha value is -3.55. The number of aromatic nitrogens is 1. The van der Waals surface area contributed by atoms with Gasteiger partial charge in [0.15, 0.2) is 0 Å². The Morgan fingerprint density at radius 2 is 1.27 bits per heavy atom. The fraction of sp³-hybridized carbons (Fsp3) is 0. The molecule has 0 amide bonds. The SMILES string of the molecule is Clc1ccc2c3ccccc3n(-c3ccccc3-c3ccc4ccccc4c3)c2c1. The molecule has 0 bridgehead atoms. The van der Waals surface area contributed by atoms with Crippen LogP contribution in [0.25, 0.3) is 49.4 Å². The predicted octanol–water partition coefficient (Wildman–Crippen LogP) is 8.26. The van der Waals surface area contributed by atoms with Crippen LogP contribution in [0, 0.1) is 0 Å². The van der Waals surface area contributed by atoms with Crippen molar-refractivity contribution in [2.45, 2.75) is 0 Å². The van der Waals surface area contributed by atoms with E-state index in [0.29, 0.717) is 0 Å². The van der Waals surface area contributed by atoms with Crippen molar-refractivity contribution in [2.75, 3.05) is 0 Å². The van der Waals surface area contributed by atoms with Crippen LogP contribution in [0.4, 0.5) is 0 Å². The van der Waals surface area contributed by atoms with Crippen molar-refractivity contribution < 1.29 is 0 Å². The van der Waals surface area contributed by atoms with Gasteiger partial charge in [0.25, 0.3) is 0 Å². The summed E-state index contributed by atoms with van der Waals surface area (Å²) in [5.41, 5.74) is 5.87. The average Bonchev–Trinajstić information content (AvgIpc) is 3.12. The first kappa shape index (κ1) is 17.3. The summed E-state index contributed by atoms with van der Waals surface area (Å²) >= 11 is 6.41. The fourth-order valence-electron chi connectivity index (χ4n) is 4.47. The lowest BCUT2D eigenvalue weighted by molar-refractivity contribution is 1.18. The number of benzene rings is 5. The fourth-order valence-corrected chi connectivity index (χ4v) is 4.64. The molecule has 0 N–H and O–H groups in total. The number of para-hydroxylation sites is 2. The van der Waals surface area contributed by atoms with E-state index in [1.807, 2.05) is 6.07 Å². The zero-order valence-electron chi connectivity index (χ0n) is 16.2. The molecule has 0 spiro atoms. The molecule has 6 rings (SSSR count). The van der Waals surface area contributed by atoms with Crippen LogP contribution in [0.2, 0.25) is 5.02 Å². The molecule has 0 saturated carbocycles. The smallest absolute Gasteiger partial charge is 0.0556 e. The van der Waals surface area contributed by atoms with Crippen LogP contribution in [0.5, 0.6) is 0 Å². The summed E-state index contributed by atoms with van der Waals surface area (Å²) in [5, 5.41) is 5.69. The molecule has 142 valence electrons. The van der Waals surface area contributed by atoms with Crippen LogP contribution in [0.15, 0.2) is 109 Å². The van der Waals surface area contributed by atoms with Crippen molar-refractivity contribution in [1.29, 1.82) is 0 Å². The van der Waals surface area contributed by atoms with E-state index in [4.69, 9.17) is 11.6 Å². The molecule has 5 aromatic carbocycles. The monoisotopic (exact) mass is 403 g/mol. The third-order valence-corrected chi connectivity index (χ3v) is 6.08. The number of hydrogen-bond donors (Lipinski definition) is 0. The number of rotatable bonds is 2. The maximum absolute atomic E-state index is 6.41. The first-order valence-electron chi connectivity index (χ1n) is 10.1. The topological polar surface area (TPSA) is 4.93 Å². The molecule has 0 atom stereocenters. The van der Waals surface area contributed by atoms with Crippen LogP contribution in [0.3, 0.4) is 0 Å². The van der Waals surface area contributed by atoms with Gasteiger partial charge >= 0.3 is 0 Å². The summed E-state index contributed by atoms with van der Waals surface area (Å²) < 4.78 is 2.33. The molecule has 30 heavy (non-hydrogen) atoms. The summed E-state index contributed by atoms with van der Waals surface area (Å²) in [4.78, 5) is 0. The van der Waals surface area contributed by atoms with Gasteiger partial charge in [-0.15, -0.1) is 0 Å². The molecule has 2 heteroatoms. The standard InChI is InChI=1S/C28H18ClN/c29-22-15-16-25-24-10-4-6-12-27(24)30(28(25)18-22)26-11-5-3-9-23(26)21-14-13-19-7-1-2-8-20(19)17-21/h1-18H. The van der Waals surface area contributed by atoms with E-state index in [1.54, 1.807) is 0 Å². The highest BCUT2D eigenvalue weighted by molar-refractivity contribution is 6.31. The van der Waals surface area contributed by atoms with Gasteiger partial charge in [-0.1, -0.05) is 90.5 Å². The quantitative estimate of drug-likeness (QED) is 0.274. The first-order chi connectivity index (χ1) is 14.8. The molecule has 0 aliphatic carbocycles. The number of fused-ring (bicyclic) bond motifs is 4. The Labute approximate surface area is 179 Å². The minimum absolute atomic E-state index is 0.745. The highest BCUT2D eigenvalue weighted by atomic mass is 35.5. The molecule has 0 aliphatic rings. The second-order valence-electron chi connectivity index (χ2n) is 7.59. The Balaban J connectivity index is 1.69. The van der Waals surface area contributed by atoms with Crippen molar-refractivity contribution in [3.63, 3.8) is 0 Å². The van der Waals surface area contributed by atoms with Crippen LogP contribution in [-0.2, 0) is 0 Å². The summed E-state index contributed by atoms with van der Waals surface area (Å²) in [7, 11) is 0. The van der Waals surface area contributed by atoms with E-state index in [-0.39, 0.29) is 0 Å². The van der Waals surface area contributed by atoms with Gasteiger partial charge in [-0.25, -0.2) is 0 Å². The second kappa shape index (κ2) is 6.76. The number of nitrogens with zero attached hydrogens (tertiary/aromatic N) is 1. The predicted molar refractivity (Wildman–Crippen MR) is 129 cm³/mol. The van der Waals surface area contributed by atoms with Gasteiger partial charge in [0.1, 0.15) is 0 Å². The highest BCUT2D eigenvalue weighted by Crippen LogP contribution is 2.37. The summed E-state index contributed by atoms with van der Waals surface area (Å²) in [5.74, 6) is 0. The van der Waals surface area contributed by atoms with E-state index in [0.717, 1.165) is 16.2 Å². The molecule has 6 aromatic rings. The molecular formula is C28H18ClN. The van der Waals surface area contributed by atoms with Gasteiger partial charge < -0.3 is 4.57 Å². The van der Waals surface area contributed by atoms with Gasteiger partial charge in [-0.2, -0.15) is 0 Å². The Kier molecular flexibility index (Phi) is 3.90. The lowest BCUT2D eigenvalue weighted by atomic mass is 9.99. The zero-order chi connectivity index (χ0) is 20.1. The lowest BCUT2D eigenvalue weighted by Gasteiger charge is -2.14. The Bertz CT molecular complexity index is 1560.